The summed E-state index contributed by atoms with van der Waals surface area (Å²) in [6.45, 7) is 0.473. The second-order valence-electron chi connectivity index (χ2n) is 7.35. The van der Waals surface area contributed by atoms with Crippen molar-refractivity contribution in [2.24, 2.45) is 11.0 Å². The molecule has 1 aromatic rings. The molecule has 1 aliphatic heterocycles. The first-order valence-electron chi connectivity index (χ1n) is 9.62. The Hall–Kier alpha value is -2.38. The van der Waals surface area contributed by atoms with Gasteiger partial charge in [0.2, 0.25) is 11.8 Å². The van der Waals surface area contributed by atoms with Gasteiger partial charge in [-0.2, -0.15) is 18.3 Å². The molecular weight excluding hydrogens is 371 g/mol. The van der Waals surface area contributed by atoms with E-state index in [-0.39, 0.29) is 37.5 Å². The minimum atomic E-state index is -4.22. The molecular formula is C20H24F3N3O2. The van der Waals surface area contributed by atoms with E-state index < -0.39 is 18.1 Å². The molecule has 0 bridgehead atoms. The van der Waals surface area contributed by atoms with Gasteiger partial charge in [0.15, 0.2) is 0 Å². The lowest BCUT2D eigenvalue weighted by molar-refractivity contribution is -0.184. The maximum absolute atomic E-state index is 12.9. The third-order valence-electron chi connectivity index (χ3n) is 5.26. The Morgan fingerprint density at radius 2 is 1.89 bits per heavy atom. The van der Waals surface area contributed by atoms with Crippen LogP contribution < -0.4 is 5.32 Å². The zero-order valence-corrected chi connectivity index (χ0v) is 15.5. The van der Waals surface area contributed by atoms with Crippen molar-refractivity contribution in [1.29, 1.82) is 0 Å². The summed E-state index contributed by atoms with van der Waals surface area (Å²) in [4.78, 5) is 24.4. The van der Waals surface area contributed by atoms with E-state index in [0.717, 1.165) is 11.3 Å². The first-order valence-corrected chi connectivity index (χ1v) is 9.62. The van der Waals surface area contributed by atoms with Gasteiger partial charge in [0.1, 0.15) is 0 Å². The van der Waals surface area contributed by atoms with Crippen molar-refractivity contribution in [2.45, 2.75) is 57.2 Å². The van der Waals surface area contributed by atoms with Crippen molar-refractivity contribution in [3.8, 4) is 0 Å². The maximum Gasteiger partial charge on any atom is 0.391 e. The molecule has 5 nitrogen and oxygen atoms in total. The molecule has 0 saturated heterocycles. The first-order chi connectivity index (χ1) is 13.3. The van der Waals surface area contributed by atoms with Crippen molar-refractivity contribution in [1.82, 2.24) is 10.3 Å². The van der Waals surface area contributed by atoms with E-state index >= 15 is 0 Å². The predicted molar refractivity (Wildman–Crippen MR) is 98.5 cm³/mol. The zero-order valence-electron chi connectivity index (χ0n) is 15.5. The van der Waals surface area contributed by atoms with Crippen LogP contribution in [0.5, 0.6) is 0 Å². The van der Waals surface area contributed by atoms with Crippen LogP contribution in [0, 0.1) is 5.92 Å². The molecule has 1 heterocycles. The number of hydrogen-bond acceptors (Lipinski definition) is 3. The van der Waals surface area contributed by atoms with Crippen LogP contribution in [0.4, 0.5) is 13.2 Å². The number of amides is 2. The lowest BCUT2D eigenvalue weighted by Crippen LogP contribution is -2.41. The Morgan fingerprint density at radius 3 is 2.61 bits per heavy atom. The van der Waals surface area contributed by atoms with Gasteiger partial charge in [0.25, 0.3) is 0 Å². The highest BCUT2D eigenvalue weighted by Crippen LogP contribution is 2.37. The summed E-state index contributed by atoms with van der Waals surface area (Å²) in [5, 5.41) is 8.36. The number of alkyl halides is 3. The Bertz CT molecular complexity index is 734. The van der Waals surface area contributed by atoms with Gasteiger partial charge in [-0.25, -0.2) is 5.01 Å². The minimum Gasteiger partial charge on any atom is -0.353 e. The quantitative estimate of drug-likeness (QED) is 0.827. The molecule has 28 heavy (non-hydrogen) atoms. The summed E-state index contributed by atoms with van der Waals surface area (Å²) in [7, 11) is 0. The highest BCUT2D eigenvalue weighted by molar-refractivity contribution is 6.02. The van der Waals surface area contributed by atoms with Crippen molar-refractivity contribution in [2.75, 3.05) is 6.54 Å². The summed E-state index contributed by atoms with van der Waals surface area (Å²) in [5.41, 5.74) is 1.80. The molecule has 1 N–H and O–H groups in total. The van der Waals surface area contributed by atoms with Crippen LogP contribution >= 0.6 is 0 Å². The van der Waals surface area contributed by atoms with Crippen LogP contribution in [0.3, 0.4) is 0 Å². The van der Waals surface area contributed by atoms with Crippen molar-refractivity contribution >= 4 is 17.5 Å². The fourth-order valence-corrected chi connectivity index (χ4v) is 3.74. The number of nitrogens with zero attached hydrogens (tertiary/aromatic N) is 2. The van der Waals surface area contributed by atoms with E-state index in [1.165, 1.54) is 5.01 Å². The van der Waals surface area contributed by atoms with E-state index in [2.05, 4.69) is 10.4 Å². The Kier molecular flexibility index (Phi) is 6.36. The second-order valence-corrected chi connectivity index (χ2v) is 7.35. The number of benzene rings is 1. The van der Waals surface area contributed by atoms with E-state index in [9.17, 15) is 22.8 Å². The fraction of sp³-hybridized carbons (Fsp3) is 0.550. The lowest BCUT2D eigenvalue weighted by Gasteiger charge is -2.31. The molecule has 0 spiro atoms. The summed E-state index contributed by atoms with van der Waals surface area (Å²) in [6, 6.07) is 9.10. The largest absolute Gasteiger partial charge is 0.391 e. The Labute approximate surface area is 162 Å². The summed E-state index contributed by atoms with van der Waals surface area (Å²) >= 11 is 0. The molecule has 0 aromatic heterocycles. The van der Waals surface area contributed by atoms with Gasteiger partial charge in [-0.1, -0.05) is 36.8 Å². The van der Waals surface area contributed by atoms with E-state index in [1.807, 2.05) is 30.3 Å². The van der Waals surface area contributed by atoms with Gasteiger partial charge >= 0.3 is 6.18 Å². The van der Waals surface area contributed by atoms with Gasteiger partial charge < -0.3 is 5.32 Å². The van der Waals surface area contributed by atoms with E-state index in [0.29, 0.717) is 25.8 Å². The third-order valence-corrected chi connectivity index (χ3v) is 5.26. The van der Waals surface area contributed by atoms with Crippen LogP contribution in [-0.2, 0) is 9.59 Å². The maximum atomic E-state index is 12.9. The normalized spacial score (nSPS) is 22.7. The van der Waals surface area contributed by atoms with E-state index in [4.69, 9.17) is 0 Å². The van der Waals surface area contributed by atoms with Crippen LogP contribution in [-0.4, -0.2) is 41.3 Å². The van der Waals surface area contributed by atoms with Crippen molar-refractivity contribution in [3.63, 3.8) is 0 Å². The third kappa shape index (κ3) is 5.33. The number of nitrogens with one attached hydrogen (secondary N) is 1. The molecule has 1 saturated carbocycles. The van der Waals surface area contributed by atoms with Crippen LogP contribution in [0.1, 0.15) is 50.5 Å². The summed E-state index contributed by atoms with van der Waals surface area (Å²) < 4.78 is 38.6. The predicted octanol–water partition coefficient (Wildman–Crippen LogP) is 3.64. The molecule has 2 atom stereocenters. The van der Waals surface area contributed by atoms with Crippen LogP contribution in [0.2, 0.25) is 0 Å². The molecule has 2 unspecified atom stereocenters. The summed E-state index contributed by atoms with van der Waals surface area (Å²) in [5.74, 6) is -1.99. The second kappa shape index (κ2) is 8.75. The molecule has 152 valence electrons. The monoisotopic (exact) mass is 395 g/mol. The zero-order chi connectivity index (χ0) is 20.1. The highest BCUT2D eigenvalue weighted by Gasteiger charge is 2.42. The van der Waals surface area contributed by atoms with Crippen LogP contribution in [0.15, 0.2) is 35.4 Å². The minimum absolute atomic E-state index is 0.00712. The van der Waals surface area contributed by atoms with Gasteiger partial charge in [0, 0.05) is 25.3 Å². The van der Waals surface area contributed by atoms with E-state index in [1.54, 1.807) is 0 Å². The molecule has 0 radical (unpaired) electrons. The number of halogens is 3. The molecule has 3 rings (SSSR count). The standard InChI is InChI=1S/C20H24F3N3O2/c21-20(22,23)15-7-4-8-16(13-15)24-18(27)9-10-19(28)26-12-11-17(25-26)14-5-2-1-3-6-14/h1-3,5-6,15-16H,4,7-13H2,(H,24,27). The molecule has 8 heteroatoms. The SMILES string of the molecule is O=C(CCC(=O)N1CCC(c2ccccc2)=N1)NC1CCCC(C(F)(F)F)C1. The smallest absolute Gasteiger partial charge is 0.353 e. The topological polar surface area (TPSA) is 61.8 Å². The first kappa shape index (κ1) is 20.4. The average molecular weight is 395 g/mol. The lowest BCUT2D eigenvalue weighted by atomic mass is 9.85. The summed E-state index contributed by atoms with van der Waals surface area (Å²) in [6.07, 6.45) is -2.59. The van der Waals surface area contributed by atoms with Gasteiger partial charge in [-0.3, -0.25) is 9.59 Å². The van der Waals surface area contributed by atoms with Crippen molar-refractivity contribution in [3.05, 3.63) is 35.9 Å². The van der Waals surface area contributed by atoms with Gasteiger partial charge in [0.05, 0.1) is 18.2 Å². The fourth-order valence-electron chi connectivity index (χ4n) is 3.74. The molecule has 2 aliphatic rings. The highest BCUT2D eigenvalue weighted by atomic mass is 19.4. The van der Waals surface area contributed by atoms with Gasteiger partial charge in [-0.05, 0) is 24.8 Å². The molecule has 1 aromatic carbocycles. The van der Waals surface area contributed by atoms with Gasteiger partial charge in [-0.15, -0.1) is 0 Å². The number of rotatable bonds is 5. The molecule has 2 amide bonds. The van der Waals surface area contributed by atoms with Crippen LogP contribution in [0.25, 0.3) is 0 Å². The number of hydrogen-bond donors (Lipinski definition) is 1. The Balaban J connectivity index is 1.45. The molecule has 1 fully saturated rings. The number of carbonyl (C=O) groups excluding carboxylic acids is 2. The van der Waals surface area contributed by atoms with Crippen molar-refractivity contribution < 1.29 is 22.8 Å². The molecule has 1 aliphatic carbocycles. The number of hydrazone groups is 1. The number of carbonyl (C=O) groups is 2. The Morgan fingerprint density at radius 1 is 1.14 bits per heavy atom. The average Bonchev–Trinajstić information content (AvgIpc) is 3.17.